The van der Waals surface area contributed by atoms with Crippen molar-refractivity contribution in [2.45, 2.75) is 25.3 Å². The highest BCUT2D eigenvalue weighted by molar-refractivity contribution is 5.67. The maximum absolute atomic E-state index is 14.2. The lowest BCUT2D eigenvalue weighted by atomic mass is 9.90. The number of aromatic nitrogens is 2. The van der Waals surface area contributed by atoms with Crippen molar-refractivity contribution in [2.75, 3.05) is 13.1 Å². The first-order valence-electron chi connectivity index (χ1n) is 9.06. The quantitative estimate of drug-likeness (QED) is 0.709. The molecule has 0 spiro atoms. The number of halogens is 3. The Balaban J connectivity index is 1.56. The molecule has 0 unspecified atom stereocenters. The summed E-state index contributed by atoms with van der Waals surface area (Å²) in [6, 6.07) is 10.4. The van der Waals surface area contributed by atoms with Crippen LogP contribution in [0, 0.1) is 17.5 Å². The molecule has 1 saturated heterocycles. The van der Waals surface area contributed by atoms with Gasteiger partial charge in [0.15, 0.2) is 0 Å². The van der Waals surface area contributed by atoms with Gasteiger partial charge < -0.3 is 0 Å². The monoisotopic (exact) mass is 371 g/mol. The van der Waals surface area contributed by atoms with Gasteiger partial charge >= 0.3 is 0 Å². The van der Waals surface area contributed by atoms with Crippen molar-refractivity contribution in [2.24, 2.45) is 0 Å². The molecule has 0 bridgehead atoms. The zero-order valence-electron chi connectivity index (χ0n) is 14.8. The van der Waals surface area contributed by atoms with Gasteiger partial charge in [0.1, 0.15) is 17.5 Å². The second kappa shape index (κ2) is 7.56. The average Bonchev–Trinajstić information content (AvgIpc) is 3.13. The third-order valence-electron chi connectivity index (χ3n) is 5.13. The van der Waals surface area contributed by atoms with E-state index in [2.05, 4.69) is 15.1 Å². The van der Waals surface area contributed by atoms with E-state index in [0.29, 0.717) is 12.1 Å². The van der Waals surface area contributed by atoms with Crippen molar-refractivity contribution in [1.82, 2.24) is 15.1 Å². The van der Waals surface area contributed by atoms with Gasteiger partial charge in [-0.05, 0) is 49.2 Å². The molecule has 2 aromatic carbocycles. The van der Waals surface area contributed by atoms with Gasteiger partial charge in [-0.3, -0.25) is 10.00 Å². The minimum atomic E-state index is -0.586. The van der Waals surface area contributed by atoms with Gasteiger partial charge in [0, 0.05) is 30.3 Å². The van der Waals surface area contributed by atoms with Crippen LogP contribution in [0.3, 0.4) is 0 Å². The summed E-state index contributed by atoms with van der Waals surface area (Å²) in [6.45, 7) is 2.41. The number of aromatic amines is 1. The predicted octanol–water partition coefficient (Wildman–Crippen LogP) is 4.87. The summed E-state index contributed by atoms with van der Waals surface area (Å²) < 4.78 is 41.6. The standard InChI is InChI=1S/C21H20F3N3/c22-16-8-6-14(7-9-16)12-27-10-2-3-15(13-27)21-17(11-25-26-21)20-18(23)4-1-5-19(20)24/h1,4-9,11,15H,2-3,10,12-13H2,(H,25,26)/t15-/m1/s1. The molecule has 1 N–H and O–H groups in total. The number of rotatable bonds is 4. The number of H-pyrrole nitrogens is 1. The lowest BCUT2D eigenvalue weighted by Gasteiger charge is -2.32. The summed E-state index contributed by atoms with van der Waals surface area (Å²) in [4.78, 5) is 2.28. The molecule has 3 nitrogen and oxygen atoms in total. The Morgan fingerprint density at radius 2 is 1.78 bits per heavy atom. The zero-order valence-corrected chi connectivity index (χ0v) is 14.8. The second-order valence-corrected chi connectivity index (χ2v) is 6.99. The van der Waals surface area contributed by atoms with Gasteiger partial charge in [0.05, 0.1) is 11.8 Å². The third kappa shape index (κ3) is 3.76. The Morgan fingerprint density at radius 3 is 2.52 bits per heavy atom. The van der Waals surface area contributed by atoms with Gasteiger partial charge in [-0.15, -0.1) is 0 Å². The SMILES string of the molecule is Fc1ccc(CN2CCC[C@@H](c3[nH]ncc3-c3c(F)cccc3F)C2)cc1. The number of nitrogens with one attached hydrogen (secondary N) is 1. The Bertz CT molecular complexity index is 900. The lowest BCUT2D eigenvalue weighted by molar-refractivity contribution is 0.198. The highest BCUT2D eigenvalue weighted by Crippen LogP contribution is 2.35. The van der Waals surface area contributed by atoms with Crippen LogP contribution in [0.4, 0.5) is 13.2 Å². The molecule has 6 heteroatoms. The van der Waals surface area contributed by atoms with Gasteiger partial charge in [-0.25, -0.2) is 13.2 Å². The van der Waals surface area contributed by atoms with Crippen LogP contribution in [0.5, 0.6) is 0 Å². The van der Waals surface area contributed by atoms with E-state index in [1.807, 2.05) is 0 Å². The van der Waals surface area contributed by atoms with Crippen LogP contribution >= 0.6 is 0 Å². The molecule has 0 amide bonds. The molecule has 0 aliphatic carbocycles. The van der Waals surface area contributed by atoms with Crippen LogP contribution in [0.15, 0.2) is 48.7 Å². The van der Waals surface area contributed by atoms with E-state index in [0.717, 1.165) is 37.2 Å². The number of nitrogens with zero attached hydrogens (tertiary/aromatic N) is 2. The third-order valence-corrected chi connectivity index (χ3v) is 5.13. The highest BCUT2D eigenvalue weighted by Gasteiger charge is 2.27. The fourth-order valence-corrected chi connectivity index (χ4v) is 3.84. The van der Waals surface area contributed by atoms with Crippen molar-refractivity contribution in [3.8, 4) is 11.1 Å². The summed E-state index contributed by atoms with van der Waals surface area (Å²) in [7, 11) is 0. The number of likely N-dealkylation sites (tertiary alicyclic amines) is 1. The van der Waals surface area contributed by atoms with E-state index < -0.39 is 11.6 Å². The second-order valence-electron chi connectivity index (χ2n) is 6.99. The smallest absolute Gasteiger partial charge is 0.134 e. The molecule has 27 heavy (non-hydrogen) atoms. The fourth-order valence-electron chi connectivity index (χ4n) is 3.84. The van der Waals surface area contributed by atoms with Gasteiger partial charge in [0.2, 0.25) is 0 Å². The summed E-state index contributed by atoms with van der Waals surface area (Å²) in [5, 5.41) is 7.02. The summed E-state index contributed by atoms with van der Waals surface area (Å²) in [5.74, 6) is -1.31. The van der Waals surface area contributed by atoms with Gasteiger partial charge in [-0.2, -0.15) is 5.10 Å². The number of benzene rings is 2. The summed E-state index contributed by atoms with van der Waals surface area (Å²) in [6.07, 6.45) is 3.39. The Morgan fingerprint density at radius 1 is 1.04 bits per heavy atom. The lowest BCUT2D eigenvalue weighted by Crippen LogP contribution is -2.34. The minimum absolute atomic E-state index is 0.0306. The molecule has 1 atom stereocenters. The topological polar surface area (TPSA) is 31.9 Å². The number of hydrogen-bond donors (Lipinski definition) is 1. The fraction of sp³-hybridized carbons (Fsp3) is 0.286. The van der Waals surface area contributed by atoms with Crippen LogP contribution in [-0.4, -0.2) is 28.2 Å². The van der Waals surface area contributed by atoms with Gasteiger partial charge in [-0.1, -0.05) is 18.2 Å². The first-order valence-corrected chi connectivity index (χ1v) is 9.06. The Kier molecular flexibility index (Phi) is 4.99. The minimum Gasteiger partial charge on any atom is -0.298 e. The number of hydrogen-bond acceptors (Lipinski definition) is 2. The van der Waals surface area contributed by atoms with E-state index in [-0.39, 0.29) is 17.3 Å². The normalized spacial score (nSPS) is 18.0. The summed E-state index contributed by atoms with van der Waals surface area (Å²) in [5.41, 5.74) is 2.26. The molecule has 0 radical (unpaired) electrons. The van der Waals surface area contributed by atoms with E-state index in [9.17, 15) is 13.2 Å². The largest absolute Gasteiger partial charge is 0.298 e. The maximum Gasteiger partial charge on any atom is 0.134 e. The maximum atomic E-state index is 14.2. The molecule has 1 aliphatic rings. The Labute approximate surface area is 155 Å². The predicted molar refractivity (Wildman–Crippen MR) is 97.6 cm³/mol. The van der Waals surface area contributed by atoms with E-state index in [1.54, 1.807) is 12.1 Å². The van der Waals surface area contributed by atoms with Crippen molar-refractivity contribution in [1.29, 1.82) is 0 Å². The van der Waals surface area contributed by atoms with Crippen LogP contribution in [0.2, 0.25) is 0 Å². The van der Waals surface area contributed by atoms with Crippen molar-refractivity contribution < 1.29 is 13.2 Å². The molecule has 1 fully saturated rings. The average molecular weight is 371 g/mol. The summed E-state index contributed by atoms with van der Waals surface area (Å²) >= 11 is 0. The molecule has 0 saturated carbocycles. The first kappa shape index (κ1) is 17.8. The van der Waals surface area contributed by atoms with Crippen LogP contribution in [0.25, 0.3) is 11.1 Å². The molecular formula is C21H20F3N3. The molecule has 1 aliphatic heterocycles. The highest BCUT2D eigenvalue weighted by atomic mass is 19.1. The molecule has 4 rings (SSSR count). The Hall–Kier alpha value is -2.60. The molecule has 140 valence electrons. The van der Waals surface area contributed by atoms with E-state index >= 15 is 0 Å². The van der Waals surface area contributed by atoms with Gasteiger partial charge in [0.25, 0.3) is 0 Å². The first-order chi connectivity index (χ1) is 13.1. The van der Waals surface area contributed by atoms with E-state index in [1.165, 1.54) is 36.5 Å². The van der Waals surface area contributed by atoms with Crippen LogP contribution in [-0.2, 0) is 6.54 Å². The van der Waals surface area contributed by atoms with Crippen LogP contribution in [0.1, 0.15) is 30.0 Å². The molecule has 1 aromatic heterocycles. The van der Waals surface area contributed by atoms with Crippen molar-refractivity contribution in [3.05, 3.63) is 77.4 Å². The molecular weight excluding hydrogens is 351 g/mol. The number of piperidine rings is 1. The zero-order chi connectivity index (χ0) is 18.8. The van der Waals surface area contributed by atoms with Crippen molar-refractivity contribution in [3.63, 3.8) is 0 Å². The van der Waals surface area contributed by atoms with Crippen LogP contribution < -0.4 is 0 Å². The van der Waals surface area contributed by atoms with E-state index in [4.69, 9.17) is 0 Å². The molecule has 2 heterocycles. The molecule has 3 aromatic rings. The van der Waals surface area contributed by atoms with Crippen molar-refractivity contribution >= 4 is 0 Å².